The van der Waals surface area contributed by atoms with Gasteiger partial charge in [0.2, 0.25) is 10.0 Å². The van der Waals surface area contributed by atoms with Crippen LogP contribution in [0.15, 0.2) is 36.4 Å². The van der Waals surface area contributed by atoms with Crippen molar-refractivity contribution in [2.45, 2.75) is 95.5 Å². The molecule has 2 aromatic carbocycles. The lowest BCUT2D eigenvalue weighted by Crippen LogP contribution is -2.61. The summed E-state index contributed by atoms with van der Waals surface area (Å²) in [6, 6.07) is 11.5. The van der Waals surface area contributed by atoms with Crippen LogP contribution in [0.3, 0.4) is 0 Å². The second-order valence-corrected chi connectivity index (χ2v) is 18.0. The number of anilines is 1. The molecule has 1 N–H and O–H groups in total. The van der Waals surface area contributed by atoms with Gasteiger partial charge in [-0.3, -0.25) is 9.69 Å². The van der Waals surface area contributed by atoms with Crippen LogP contribution in [0.25, 0.3) is 0 Å². The quantitative estimate of drug-likeness (QED) is 0.403. The minimum absolute atomic E-state index is 0.132. The number of likely N-dealkylation sites (tertiary alicyclic amines) is 1. The Labute approximate surface area is 308 Å². The first-order valence-electron chi connectivity index (χ1n) is 18.9. The van der Waals surface area contributed by atoms with Gasteiger partial charge in [-0.2, -0.15) is 0 Å². The molecule has 2 bridgehead atoms. The van der Waals surface area contributed by atoms with Crippen LogP contribution in [0.1, 0.15) is 80.3 Å². The molecular weight excluding hydrogens is 690 g/mol. The molecule has 51 heavy (non-hydrogen) atoms. The van der Waals surface area contributed by atoms with E-state index in [1.807, 2.05) is 37.3 Å². The third kappa shape index (κ3) is 8.24. The number of fused-ring (bicyclic) bond motifs is 3. The SMILES string of the molecule is COC1CN([C@H]2CO[C@@H]([C@H]3CCC[C@H](C)[C@@H](C)S(=O)(=O)NC(=O)c4ccc5c(c4)N(CCCCc4cc(Cl)ccc4CO5)C[C@@H]4CC[C@H]43)OC2)C1. The van der Waals surface area contributed by atoms with Crippen LogP contribution < -0.4 is 14.4 Å². The van der Waals surface area contributed by atoms with Crippen molar-refractivity contribution in [1.29, 1.82) is 0 Å². The molecular formula is C39H54ClN3O7S. The summed E-state index contributed by atoms with van der Waals surface area (Å²) in [4.78, 5) is 18.3. The minimum Gasteiger partial charge on any atom is -0.487 e. The number of ether oxygens (including phenoxy) is 4. The minimum atomic E-state index is -3.91. The average molecular weight is 744 g/mol. The van der Waals surface area contributed by atoms with Crippen molar-refractivity contribution < 1.29 is 32.2 Å². The first-order chi connectivity index (χ1) is 24.6. The second-order valence-electron chi connectivity index (χ2n) is 15.5. The maximum absolute atomic E-state index is 13.6. The topological polar surface area (TPSA) is 107 Å². The summed E-state index contributed by atoms with van der Waals surface area (Å²) in [5.41, 5.74) is 3.41. The summed E-state index contributed by atoms with van der Waals surface area (Å²) >= 11 is 6.39. The molecule has 0 spiro atoms. The number of sulfonamides is 1. The highest BCUT2D eigenvalue weighted by atomic mass is 35.5. The molecule has 2 saturated heterocycles. The van der Waals surface area contributed by atoms with Crippen molar-refractivity contribution in [1.82, 2.24) is 9.62 Å². The summed E-state index contributed by atoms with van der Waals surface area (Å²) < 4.78 is 54.6. The Hall–Kier alpha value is -2.41. The van der Waals surface area contributed by atoms with E-state index in [0.717, 1.165) is 93.8 Å². The van der Waals surface area contributed by atoms with Crippen molar-refractivity contribution in [3.05, 3.63) is 58.1 Å². The number of rotatable bonds is 3. The molecule has 2 aromatic rings. The molecule has 0 radical (unpaired) electrons. The van der Waals surface area contributed by atoms with Crippen LogP contribution in [0.2, 0.25) is 5.02 Å². The van der Waals surface area contributed by atoms with Crippen LogP contribution in [0.5, 0.6) is 5.75 Å². The molecule has 12 heteroatoms. The van der Waals surface area contributed by atoms with Crippen molar-refractivity contribution in [3.8, 4) is 5.75 Å². The third-order valence-corrected chi connectivity index (χ3v) is 14.6. The highest BCUT2D eigenvalue weighted by Crippen LogP contribution is 2.46. The van der Waals surface area contributed by atoms with Gasteiger partial charge in [0.05, 0.1) is 36.3 Å². The number of hydrogen-bond donors (Lipinski definition) is 1. The number of methoxy groups -OCH3 is 1. The lowest BCUT2D eigenvalue weighted by atomic mass is 9.65. The predicted octanol–water partition coefficient (Wildman–Crippen LogP) is 6.04. The standard InChI is InChI=1S/C39H54ClN3O7S/c1-25-7-6-9-35(39-49-23-32(24-50-39)43-20-33(21-43)47-3)34-14-11-29(34)19-42-16-5-4-8-27-17-31(40)13-10-30(27)22-48-37-15-12-28(18-36(37)42)38(44)41-51(45,46)26(25)2/h10,12-13,15,17-18,25-26,29,32-35,39H,4-9,11,14,16,19-24H2,1-3H3,(H,41,44)/t25-,26+,29-,32-,34+,35-,39+/m0/s1. The number of nitrogens with zero attached hydrogens (tertiary/aromatic N) is 2. The molecule has 4 heterocycles. The zero-order valence-electron chi connectivity index (χ0n) is 30.2. The Kier molecular flexibility index (Phi) is 11.5. The Balaban J connectivity index is 1.18. The van der Waals surface area contributed by atoms with Crippen LogP contribution in [0.4, 0.5) is 5.69 Å². The number of carbonyl (C=O) groups excluding carboxylic acids is 1. The van der Waals surface area contributed by atoms with Gasteiger partial charge in [0, 0.05) is 49.8 Å². The fourth-order valence-electron chi connectivity index (χ4n) is 8.68. The maximum atomic E-state index is 13.6. The molecule has 4 aliphatic heterocycles. The number of carbonyl (C=O) groups is 1. The molecule has 10 nitrogen and oxygen atoms in total. The molecule has 5 aliphatic rings. The molecule has 1 saturated carbocycles. The number of hydrogen-bond acceptors (Lipinski definition) is 9. The van der Waals surface area contributed by atoms with Crippen LogP contribution >= 0.6 is 11.6 Å². The van der Waals surface area contributed by atoms with E-state index in [1.165, 1.54) is 5.56 Å². The number of nitrogens with one attached hydrogen (secondary N) is 1. The van der Waals surface area contributed by atoms with Crippen molar-refractivity contribution >= 4 is 33.2 Å². The smallest absolute Gasteiger partial charge is 0.264 e. The largest absolute Gasteiger partial charge is 0.487 e. The van der Waals surface area contributed by atoms with Crippen molar-refractivity contribution in [2.24, 2.45) is 23.7 Å². The Morgan fingerprint density at radius 2 is 1.71 bits per heavy atom. The molecule has 280 valence electrons. The van der Waals surface area contributed by atoms with Gasteiger partial charge in [-0.1, -0.05) is 31.0 Å². The van der Waals surface area contributed by atoms with Crippen molar-refractivity contribution in [2.75, 3.05) is 51.4 Å². The van der Waals surface area contributed by atoms with E-state index in [0.29, 0.717) is 43.0 Å². The van der Waals surface area contributed by atoms with Gasteiger partial charge in [0.1, 0.15) is 12.4 Å². The summed E-state index contributed by atoms with van der Waals surface area (Å²) in [7, 11) is -2.15. The normalized spacial score (nSPS) is 32.5. The van der Waals surface area contributed by atoms with E-state index in [4.69, 9.17) is 30.5 Å². The Morgan fingerprint density at radius 1 is 0.902 bits per heavy atom. The van der Waals surface area contributed by atoms with E-state index in [1.54, 1.807) is 20.1 Å². The molecule has 7 rings (SSSR count). The Morgan fingerprint density at radius 3 is 2.45 bits per heavy atom. The first-order valence-corrected chi connectivity index (χ1v) is 20.9. The van der Waals surface area contributed by atoms with E-state index in [2.05, 4.69) is 14.5 Å². The molecule has 0 aromatic heterocycles. The second kappa shape index (κ2) is 15.9. The summed E-state index contributed by atoms with van der Waals surface area (Å²) in [6.07, 6.45) is 7.57. The highest BCUT2D eigenvalue weighted by Gasteiger charge is 2.45. The van der Waals surface area contributed by atoms with E-state index in [9.17, 15) is 13.2 Å². The van der Waals surface area contributed by atoms with Gasteiger partial charge >= 0.3 is 0 Å². The fraction of sp³-hybridized carbons (Fsp3) is 0.667. The van der Waals surface area contributed by atoms with Gasteiger partial charge in [-0.05, 0) is 111 Å². The molecule has 3 fully saturated rings. The summed E-state index contributed by atoms with van der Waals surface area (Å²) in [5, 5.41) is -0.00960. The number of halogens is 1. The highest BCUT2D eigenvalue weighted by molar-refractivity contribution is 7.90. The fourth-order valence-corrected chi connectivity index (χ4v) is 10.2. The van der Waals surface area contributed by atoms with Gasteiger partial charge < -0.3 is 23.8 Å². The van der Waals surface area contributed by atoms with Gasteiger partial charge in [-0.15, -0.1) is 0 Å². The van der Waals surface area contributed by atoms with Gasteiger partial charge in [-0.25, -0.2) is 13.1 Å². The number of benzene rings is 2. The van der Waals surface area contributed by atoms with Gasteiger partial charge in [0.25, 0.3) is 5.91 Å². The number of aryl methyl sites for hydroxylation is 1. The maximum Gasteiger partial charge on any atom is 0.264 e. The number of amides is 1. The first kappa shape index (κ1) is 36.9. The lowest BCUT2D eigenvalue weighted by Gasteiger charge is -2.50. The molecule has 1 aliphatic carbocycles. The van der Waals surface area contributed by atoms with E-state index < -0.39 is 21.2 Å². The lowest BCUT2D eigenvalue weighted by molar-refractivity contribution is -0.251. The summed E-state index contributed by atoms with van der Waals surface area (Å²) in [6.45, 7) is 8.76. The molecule has 0 unspecified atom stereocenters. The summed E-state index contributed by atoms with van der Waals surface area (Å²) in [5.74, 6) is 0.991. The van der Waals surface area contributed by atoms with Crippen LogP contribution in [-0.4, -0.2) is 89.4 Å². The van der Waals surface area contributed by atoms with E-state index >= 15 is 0 Å². The predicted molar refractivity (Wildman–Crippen MR) is 198 cm³/mol. The van der Waals surface area contributed by atoms with Crippen molar-refractivity contribution in [3.63, 3.8) is 0 Å². The zero-order valence-corrected chi connectivity index (χ0v) is 31.8. The Bertz CT molecular complexity index is 1650. The van der Waals surface area contributed by atoms with E-state index in [-0.39, 0.29) is 30.3 Å². The average Bonchev–Trinajstić information content (AvgIpc) is 3.11. The molecule has 1 amide bonds. The molecule has 5 atom stereocenters. The third-order valence-electron chi connectivity index (χ3n) is 12.4. The van der Waals surface area contributed by atoms with Crippen LogP contribution in [0, 0.1) is 23.7 Å². The van der Waals surface area contributed by atoms with Crippen LogP contribution in [-0.2, 0) is 37.3 Å². The monoisotopic (exact) mass is 743 g/mol. The van der Waals surface area contributed by atoms with Gasteiger partial charge in [0.15, 0.2) is 6.29 Å². The zero-order chi connectivity index (χ0) is 35.7.